The first kappa shape index (κ1) is 22.7. The minimum absolute atomic E-state index is 0.0215. The third-order valence-electron chi connectivity index (χ3n) is 8.05. The molecular weight excluding hydrogens is 447 g/mol. The van der Waals surface area contributed by atoms with Crippen LogP contribution in [0.3, 0.4) is 0 Å². The van der Waals surface area contributed by atoms with Gasteiger partial charge in [-0.05, 0) is 63.1 Å². The Balaban J connectivity index is 1.47. The summed E-state index contributed by atoms with van der Waals surface area (Å²) in [6, 6.07) is 6.15. The molecule has 0 atom stereocenters. The second kappa shape index (κ2) is 9.02. The number of halogens is 1. The van der Waals surface area contributed by atoms with E-state index in [-0.39, 0.29) is 23.7 Å². The number of aromatic nitrogens is 3. The molecule has 0 spiro atoms. The van der Waals surface area contributed by atoms with Gasteiger partial charge in [-0.25, -0.2) is 9.37 Å². The van der Waals surface area contributed by atoms with Gasteiger partial charge in [0.05, 0.1) is 11.5 Å². The number of aliphatic hydroxyl groups excluding tert-OH is 1. The fraction of sp³-hybridized carbons (Fsp3) is 0.577. The van der Waals surface area contributed by atoms with Gasteiger partial charge in [-0.3, -0.25) is 9.36 Å². The minimum atomic E-state index is -0.766. The molecule has 6 rings (SSSR count). The van der Waals surface area contributed by atoms with Crippen LogP contribution in [0.1, 0.15) is 44.6 Å². The van der Waals surface area contributed by atoms with E-state index in [1.165, 1.54) is 0 Å². The smallest absolute Gasteiger partial charge is 0.260 e. The lowest BCUT2D eigenvalue weighted by Crippen LogP contribution is -2.44. The maximum absolute atomic E-state index is 14.0. The lowest BCUT2D eigenvalue weighted by Gasteiger charge is -2.34. The van der Waals surface area contributed by atoms with Crippen LogP contribution in [0.15, 0.2) is 29.2 Å². The van der Waals surface area contributed by atoms with E-state index in [4.69, 9.17) is 4.98 Å². The van der Waals surface area contributed by atoms with Crippen molar-refractivity contribution < 1.29 is 9.50 Å². The van der Waals surface area contributed by atoms with Crippen LogP contribution in [0.2, 0.25) is 0 Å². The quantitative estimate of drug-likeness (QED) is 0.555. The van der Waals surface area contributed by atoms with E-state index < -0.39 is 6.17 Å². The molecule has 2 aliphatic carbocycles. The zero-order chi connectivity index (χ0) is 24.1. The van der Waals surface area contributed by atoms with E-state index in [0.29, 0.717) is 42.7 Å². The Morgan fingerprint density at radius 2 is 1.77 bits per heavy atom. The molecule has 3 fully saturated rings. The van der Waals surface area contributed by atoms with Gasteiger partial charge >= 0.3 is 0 Å². The molecule has 1 aromatic carbocycles. The highest BCUT2D eigenvalue weighted by molar-refractivity contribution is 6.05. The average Bonchev–Trinajstić information content (AvgIpc) is 2.84. The van der Waals surface area contributed by atoms with Crippen LogP contribution in [0, 0.1) is 0 Å². The van der Waals surface area contributed by atoms with E-state index in [9.17, 15) is 14.3 Å². The number of nitrogens with zero attached hydrogens (tertiary/aromatic N) is 5. The van der Waals surface area contributed by atoms with Gasteiger partial charge in [0, 0.05) is 55.5 Å². The van der Waals surface area contributed by atoms with Crippen LogP contribution in [0.25, 0.3) is 21.8 Å². The largest absolute Gasteiger partial charge is 0.393 e. The summed E-state index contributed by atoms with van der Waals surface area (Å²) in [5.41, 5.74) is 1.64. The molecule has 1 saturated heterocycles. The average molecular weight is 481 g/mol. The zero-order valence-corrected chi connectivity index (χ0v) is 20.2. The fourth-order valence-electron chi connectivity index (χ4n) is 5.75. The first-order valence-electron chi connectivity index (χ1n) is 12.8. The predicted octanol–water partition coefficient (Wildman–Crippen LogP) is 3.08. The highest BCUT2D eigenvalue weighted by Crippen LogP contribution is 2.33. The van der Waals surface area contributed by atoms with Crippen molar-refractivity contribution in [3.05, 3.63) is 34.7 Å². The number of rotatable bonds is 4. The molecule has 35 heavy (non-hydrogen) atoms. The van der Waals surface area contributed by atoms with E-state index >= 15 is 0 Å². The highest BCUT2D eigenvalue weighted by Gasteiger charge is 2.30. The molecule has 186 valence electrons. The first-order valence-corrected chi connectivity index (χ1v) is 12.8. The van der Waals surface area contributed by atoms with Crippen molar-refractivity contribution in [3.63, 3.8) is 0 Å². The molecular formula is C26H33FN6O2. The Morgan fingerprint density at radius 1 is 1.03 bits per heavy atom. The molecule has 1 aliphatic heterocycles. The number of hydrogen-bond donors (Lipinski definition) is 2. The number of benzene rings is 1. The number of hydrogen-bond acceptors (Lipinski definition) is 7. The standard InChI is InChI=1S/C26H33FN6O2/c1-31-8-10-32(11-9-31)19-4-7-21-22(14-19)25(35)33(18-2-5-20(34)6-3-18)24-23(21)15-28-26(30-24)29-17-12-16(27)13-17/h4,7,14-18,20,34H,2-3,5-6,8-13H2,1H3,(H,28,29,30). The van der Waals surface area contributed by atoms with E-state index in [1.807, 2.05) is 16.7 Å². The Bertz CT molecular complexity index is 1290. The van der Waals surface area contributed by atoms with Crippen LogP contribution in [-0.4, -0.2) is 76.1 Å². The zero-order valence-electron chi connectivity index (χ0n) is 20.2. The lowest BCUT2D eigenvalue weighted by molar-refractivity contribution is 0.111. The summed E-state index contributed by atoms with van der Waals surface area (Å²) < 4.78 is 15.2. The summed E-state index contributed by atoms with van der Waals surface area (Å²) in [5, 5.41) is 15.7. The predicted molar refractivity (Wildman–Crippen MR) is 136 cm³/mol. The lowest BCUT2D eigenvalue weighted by atomic mass is 9.91. The summed E-state index contributed by atoms with van der Waals surface area (Å²) in [7, 11) is 2.13. The first-order chi connectivity index (χ1) is 17.0. The van der Waals surface area contributed by atoms with E-state index in [0.717, 1.165) is 55.5 Å². The second-order valence-corrected chi connectivity index (χ2v) is 10.5. The van der Waals surface area contributed by atoms with Gasteiger partial charge in [-0.15, -0.1) is 0 Å². The summed E-state index contributed by atoms with van der Waals surface area (Å²) in [5.74, 6) is 0.437. The molecule has 2 aromatic heterocycles. The summed E-state index contributed by atoms with van der Waals surface area (Å²) in [6.45, 7) is 3.86. The van der Waals surface area contributed by atoms with Gasteiger partial charge < -0.3 is 20.2 Å². The molecule has 0 bridgehead atoms. The van der Waals surface area contributed by atoms with Crippen LogP contribution < -0.4 is 15.8 Å². The third-order valence-corrected chi connectivity index (χ3v) is 8.05. The molecule has 3 heterocycles. The van der Waals surface area contributed by atoms with Crippen LogP contribution in [0.4, 0.5) is 16.0 Å². The number of aliphatic hydroxyl groups is 1. The second-order valence-electron chi connectivity index (χ2n) is 10.5. The maximum Gasteiger partial charge on any atom is 0.260 e. The number of nitrogens with one attached hydrogen (secondary N) is 1. The van der Waals surface area contributed by atoms with Gasteiger partial charge in [0.25, 0.3) is 5.56 Å². The normalized spacial score (nSPS) is 27.8. The summed E-state index contributed by atoms with van der Waals surface area (Å²) >= 11 is 0. The van der Waals surface area contributed by atoms with Crippen molar-refractivity contribution >= 4 is 33.4 Å². The molecule has 2 N–H and O–H groups in total. The van der Waals surface area contributed by atoms with Crippen molar-refractivity contribution in [2.45, 2.75) is 62.9 Å². The summed E-state index contributed by atoms with van der Waals surface area (Å²) in [4.78, 5) is 28.0. The van der Waals surface area contributed by atoms with Gasteiger partial charge in [-0.1, -0.05) is 6.07 Å². The number of alkyl halides is 1. The molecule has 0 radical (unpaired) electrons. The number of fused-ring (bicyclic) bond motifs is 3. The Morgan fingerprint density at radius 3 is 2.49 bits per heavy atom. The van der Waals surface area contributed by atoms with E-state index in [1.54, 1.807) is 6.20 Å². The molecule has 0 unspecified atom stereocenters. The van der Waals surface area contributed by atoms with Crippen LogP contribution in [0.5, 0.6) is 0 Å². The molecule has 3 aromatic rings. The van der Waals surface area contributed by atoms with Crippen LogP contribution >= 0.6 is 0 Å². The Kier molecular flexibility index (Phi) is 5.84. The maximum atomic E-state index is 14.0. The van der Waals surface area contributed by atoms with Crippen molar-refractivity contribution in [1.29, 1.82) is 0 Å². The number of piperazine rings is 1. The molecule has 0 amide bonds. The van der Waals surface area contributed by atoms with Gasteiger partial charge in [-0.2, -0.15) is 4.98 Å². The van der Waals surface area contributed by atoms with Crippen LogP contribution in [-0.2, 0) is 0 Å². The van der Waals surface area contributed by atoms with Gasteiger partial charge in [0.1, 0.15) is 11.8 Å². The SMILES string of the molecule is CN1CCN(c2ccc3c(c2)c(=O)n(C2CCC(O)CC2)c2nc(NC4CC(F)C4)ncc32)CC1. The number of pyridine rings is 1. The Labute approximate surface area is 203 Å². The topological polar surface area (TPSA) is 86.5 Å². The van der Waals surface area contributed by atoms with Gasteiger partial charge in [0.2, 0.25) is 5.95 Å². The molecule has 3 aliphatic rings. The van der Waals surface area contributed by atoms with Crippen molar-refractivity contribution in [1.82, 2.24) is 19.4 Å². The summed E-state index contributed by atoms with van der Waals surface area (Å²) in [6.07, 6.45) is 4.46. The molecule has 2 saturated carbocycles. The number of likely N-dealkylation sites (N-methyl/N-ethyl adjacent to an activating group) is 1. The van der Waals surface area contributed by atoms with Crippen molar-refractivity contribution in [2.24, 2.45) is 0 Å². The highest BCUT2D eigenvalue weighted by atomic mass is 19.1. The van der Waals surface area contributed by atoms with Crippen molar-refractivity contribution in [3.8, 4) is 0 Å². The van der Waals surface area contributed by atoms with Gasteiger partial charge in [0.15, 0.2) is 0 Å². The third kappa shape index (κ3) is 4.25. The Hall–Kier alpha value is -2.78. The van der Waals surface area contributed by atoms with Crippen molar-refractivity contribution in [2.75, 3.05) is 43.4 Å². The minimum Gasteiger partial charge on any atom is -0.393 e. The number of anilines is 2. The fourth-order valence-corrected chi connectivity index (χ4v) is 5.75. The van der Waals surface area contributed by atoms with E-state index in [2.05, 4.69) is 33.2 Å². The monoisotopic (exact) mass is 480 g/mol. The molecule has 8 nitrogen and oxygen atoms in total. The molecule has 9 heteroatoms.